The molecule has 24 heavy (non-hydrogen) atoms. The minimum Gasteiger partial charge on any atom is -0.494 e. The fourth-order valence-corrected chi connectivity index (χ4v) is 2.96. The Morgan fingerprint density at radius 2 is 2.21 bits per heavy atom. The minimum atomic E-state index is 0.609. The van der Waals surface area contributed by atoms with Gasteiger partial charge in [0.2, 0.25) is 0 Å². The molecule has 134 valence electrons. The predicted molar refractivity (Wildman–Crippen MR) is 98.8 cm³/mol. The molecule has 1 heterocycles. The van der Waals surface area contributed by atoms with Gasteiger partial charge in [0.15, 0.2) is 5.96 Å². The molecule has 0 amide bonds. The normalized spacial score (nSPS) is 17.8. The SMILES string of the molecule is CCNC(=NCCc1ccccc1OCC)N(C)CC1CCOC1. The van der Waals surface area contributed by atoms with Gasteiger partial charge in [-0.3, -0.25) is 4.99 Å². The summed E-state index contributed by atoms with van der Waals surface area (Å²) in [6.45, 7) is 9.17. The molecule has 1 fully saturated rings. The van der Waals surface area contributed by atoms with Gasteiger partial charge in [0.25, 0.3) is 0 Å². The van der Waals surface area contributed by atoms with Crippen molar-refractivity contribution in [1.29, 1.82) is 0 Å². The average molecular weight is 333 g/mol. The summed E-state index contributed by atoms with van der Waals surface area (Å²) < 4.78 is 11.2. The quantitative estimate of drug-likeness (QED) is 0.587. The Hall–Kier alpha value is -1.75. The molecular formula is C19H31N3O2. The first-order valence-corrected chi connectivity index (χ1v) is 9.02. The second-order valence-corrected chi connectivity index (χ2v) is 6.14. The maximum absolute atomic E-state index is 5.69. The van der Waals surface area contributed by atoms with Gasteiger partial charge in [0, 0.05) is 39.2 Å². The standard InChI is InChI=1S/C19H31N3O2/c1-4-20-19(22(3)14-16-11-13-23-15-16)21-12-10-17-8-6-7-9-18(17)24-5-2/h6-9,16H,4-5,10-15H2,1-3H3,(H,20,21). The van der Waals surface area contributed by atoms with Crippen molar-refractivity contribution in [3.05, 3.63) is 29.8 Å². The summed E-state index contributed by atoms with van der Waals surface area (Å²) in [5.41, 5.74) is 1.21. The molecule has 1 aliphatic heterocycles. The van der Waals surface area contributed by atoms with Crippen molar-refractivity contribution in [2.45, 2.75) is 26.7 Å². The molecule has 1 aromatic carbocycles. The third kappa shape index (κ3) is 5.71. The molecule has 1 N–H and O–H groups in total. The first kappa shape index (κ1) is 18.6. The van der Waals surface area contributed by atoms with Gasteiger partial charge in [-0.05, 0) is 38.3 Å². The van der Waals surface area contributed by atoms with Crippen LogP contribution >= 0.6 is 0 Å². The second-order valence-electron chi connectivity index (χ2n) is 6.14. The van der Waals surface area contributed by atoms with Crippen LogP contribution < -0.4 is 10.1 Å². The van der Waals surface area contributed by atoms with E-state index in [1.165, 1.54) is 5.56 Å². The number of hydrogen-bond acceptors (Lipinski definition) is 3. The highest BCUT2D eigenvalue weighted by Crippen LogP contribution is 2.18. The molecule has 0 bridgehead atoms. The fraction of sp³-hybridized carbons (Fsp3) is 0.632. The fourth-order valence-electron chi connectivity index (χ4n) is 2.96. The highest BCUT2D eigenvalue weighted by molar-refractivity contribution is 5.79. The summed E-state index contributed by atoms with van der Waals surface area (Å²) in [4.78, 5) is 7.01. The molecule has 5 nitrogen and oxygen atoms in total. The van der Waals surface area contributed by atoms with Crippen molar-refractivity contribution < 1.29 is 9.47 Å². The molecule has 1 aromatic rings. The van der Waals surface area contributed by atoms with E-state index in [2.05, 4.69) is 36.3 Å². The summed E-state index contributed by atoms with van der Waals surface area (Å²) in [6.07, 6.45) is 2.02. The van der Waals surface area contributed by atoms with Crippen LogP contribution in [0.25, 0.3) is 0 Å². The van der Waals surface area contributed by atoms with E-state index in [1.807, 2.05) is 19.1 Å². The molecule has 0 radical (unpaired) electrons. The minimum absolute atomic E-state index is 0.609. The van der Waals surface area contributed by atoms with E-state index >= 15 is 0 Å². The van der Waals surface area contributed by atoms with Gasteiger partial charge in [0.1, 0.15) is 5.75 Å². The van der Waals surface area contributed by atoms with Crippen molar-refractivity contribution in [2.24, 2.45) is 10.9 Å². The van der Waals surface area contributed by atoms with Crippen molar-refractivity contribution in [2.75, 3.05) is 46.5 Å². The lowest BCUT2D eigenvalue weighted by Crippen LogP contribution is -2.41. The number of para-hydroxylation sites is 1. The van der Waals surface area contributed by atoms with Gasteiger partial charge in [-0.15, -0.1) is 0 Å². The predicted octanol–water partition coefficient (Wildman–Crippen LogP) is 2.56. The van der Waals surface area contributed by atoms with E-state index in [4.69, 9.17) is 14.5 Å². The van der Waals surface area contributed by atoms with E-state index in [0.717, 1.165) is 57.4 Å². The Balaban J connectivity index is 1.92. The van der Waals surface area contributed by atoms with Gasteiger partial charge in [0.05, 0.1) is 13.2 Å². The Morgan fingerprint density at radius 3 is 2.92 bits per heavy atom. The van der Waals surface area contributed by atoms with Crippen LogP contribution in [0.4, 0.5) is 0 Å². The largest absolute Gasteiger partial charge is 0.494 e. The van der Waals surface area contributed by atoms with Gasteiger partial charge >= 0.3 is 0 Å². The highest BCUT2D eigenvalue weighted by Gasteiger charge is 2.19. The number of aliphatic imine (C=N–C) groups is 1. The monoisotopic (exact) mass is 333 g/mol. The first-order chi connectivity index (χ1) is 11.7. The first-order valence-electron chi connectivity index (χ1n) is 9.02. The Bertz CT molecular complexity index is 513. The molecule has 0 spiro atoms. The van der Waals surface area contributed by atoms with E-state index < -0.39 is 0 Å². The van der Waals surface area contributed by atoms with Crippen LogP contribution in [0.15, 0.2) is 29.3 Å². The maximum atomic E-state index is 5.69. The van der Waals surface area contributed by atoms with Crippen LogP contribution in [-0.4, -0.2) is 57.4 Å². The molecule has 1 saturated heterocycles. The van der Waals surface area contributed by atoms with Crippen molar-refractivity contribution in [3.63, 3.8) is 0 Å². The summed E-state index contributed by atoms with van der Waals surface area (Å²) >= 11 is 0. The Labute approximate surface area is 146 Å². The van der Waals surface area contributed by atoms with E-state index in [0.29, 0.717) is 12.5 Å². The molecular weight excluding hydrogens is 302 g/mol. The number of hydrogen-bond donors (Lipinski definition) is 1. The second kappa shape index (κ2) is 10.2. The van der Waals surface area contributed by atoms with Gasteiger partial charge < -0.3 is 19.7 Å². The smallest absolute Gasteiger partial charge is 0.193 e. The molecule has 1 unspecified atom stereocenters. The van der Waals surface area contributed by atoms with Crippen LogP contribution in [0.2, 0.25) is 0 Å². The number of nitrogens with one attached hydrogen (secondary N) is 1. The van der Waals surface area contributed by atoms with Crippen molar-refractivity contribution in [3.8, 4) is 5.75 Å². The van der Waals surface area contributed by atoms with Crippen LogP contribution in [0.5, 0.6) is 5.75 Å². The summed E-state index contributed by atoms with van der Waals surface area (Å²) in [6, 6.07) is 8.21. The lowest BCUT2D eigenvalue weighted by atomic mass is 10.1. The molecule has 1 atom stereocenters. The Morgan fingerprint density at radius 1 is 1.38 bits per heavy atom. The third-order valence-corrected chi connectivity index (χ3v) is 4.17. The topological polar surface area (TPSA) is 46.1 Å². The van der Waals surface area contributed by atoms with Crippen LogP contribution in [0.1, 0.15) is 25.8 Å². The number of benzene rings is 1. The molecule has 0 aliphatic carbocycles. The van der Waals surface area contributed by atoms with Gasteiger partial charge in [-0.1, -0.05) is 18.2 Å². The lowest BCUT2D eigenvalue weighted by Gasteiger charge is -2.24. The number of nitrogens with zero attached hydrogens (tertiary/aromatic N) is 2. The molecule has 2 rings (SSSR count). The van der Waals surface area contributed by atoms with Gasteiger partial charge in [-0.25, -0.2) is 0 Å². The zero-order valence-electron chi connectivity index (χ0n) is 15.3. The summed E-state index contributed by atoms with van der Waals surface area (Å²) in [7, 11) is 2.11. The van der Waals surface area contributed by atoms with E-state index in [-0.39, 0.29) is 0 Å². The molecule has 1 aliphatic rings. The Kier molecular flexibility index (Phi) is 7.89. The number of rotatable bonds is 8. The molecule has 0 aromatic heterocycles. The number of ether oxygens (including phenoxy) is 2. The maximum Gasteiger partial charge on any atom is 0.193 e. The van der Waals surface area contributed by atoms with E-state index in [1.54, 1.807) is 0 Å². The van der Waals surface area contributed by atoms with E-state index in [9.17, 15) is 0 Å². The molecule has 5 heteroatoms. The van der Waals surface area contributed by atoms with Gasteiger partial charge in [-0.2, -0.15) is 0 Å². The summed E-state index contributed by atoms with van der Waals surface area (Å²) in [5, 5.41) is 3.39. The third-order valence-electron chi connectivity index (χ3n) is 4.17. The summed E-state index contributed by atoms with van der Waals surface area (Å²) in [5.74, 6) is 2.55. The van der Waals surface area contributed by atoms with Crippen molar-refractivity contribution >= 4 is 5.96 Å². The molecule has 0 saturated carbocycles. The average Bonchev–Trinajstić information content (AvgIpc) is 3.08. The zero-order chi connectivity index (χ0) is 17.2. The lowest BCUT2D eigenvalue weighted by molar-refractivity contribution is 0.181. The number of guanidine groups is 1. The highest BCUT2D eigenvalue weighted by atomic mass is 16.5. The van der Waals surface area contributed by atoms with Crippen LogP contribution in [0, 0.1) is 5.92 Å². The van der Waals surface area contributed by atoms with Crippen molar-refractivity contribution in [1.82, 2.24) is 10.2 Å². The zero-order valence-corrected chi connectivity index (χ0v) is 15.3. The van der Waals surface area contributed by atoms with Crippen LogP contribution in [-0.2, 0) is 11.2 Å². The van der Waals surface area contributed by atoms with Crippen LogP contribution in [0.3, 0.4) is 0 Å².